The highest BCUT2D eigenvalue weighted by Gasteiger charge is 1.97. The number of para-hydroxylation sites is 1. The van der Waals surface area contributed by atoms with Gasteiger partial charge in [-0.25, -0.2) is 4.39 Å². The third-order valence-electron chi connectivity index (χ3n) is 3.36. The van der Waals surface area contributed by atoms with Crippen LogP contribution in [0.4, 0.5) is 21.5 Å². The molecule has 2 N–H and O–H groups in total. The minimum Gasteiger partial charge on any atom is -0.381 e. The highest BCUT2D eigenvalue weighted by molar-refractivity contribution is 5.62. The molecule has 0 spiro atoms. The van der Waals surface area contributed by atoms with Crippen molar-refractivity contribution in [1.82, 2.24) is 0 Å². The van der Waals surface area contributed by atoms with E-state index in [0.29, 0.717) is 6.54 Å². The van der Waals surface area contributed by atoms with Gasteiger partial charge in [0.15, 0.2) is 0 Å². The van der Waals surface area contributed by atoms with Crippen LogP contribution in [0.3, 0.4) is 0 Å². The predicted molar refractivity (Wildman–Crippen MR) is 89.9 cm³/mol. The van der Waals surface area contributed by atoms with E-state index < -0.39 is 0 Å². The standard InChI is InChI=1S/C19H17FN2/c20-16-8-6-15(7-9-16)14-21-17-10-12-19(13-11-17)22-18-4-2-1-3-5-18/h1-13,21-22H,14H2. The lowest BCUT2D eigenvalue weighted by Crippen LogP contribution is -1.99. The average Bonchev–Trinajstić information content (AvgIpc) is 2.57. The van der Waals surface area contributed by atoms with E-state index in [-0.39, 0.29) is 5.82 Å². The molecule has 0 aliphatic heterocycles. The number of nitrogens with one attached hydrogen (secondary N) is 2. The van der Waals surface area contributed by atoms with Crippen molar-refractivity contribution < 1.29 is 4.39 Å². The summed E-state index contributed by atoms with van der Waals surface area (Å²) in [5.41, 5.74) is 4.18. The molecule has 3 aromatic carbocycles. The summed E-state index contributed by atoms with van der Waals surface area (Å²) < 4.78 is 12.8. The second kappa shape index (κ2) is 6.76. The van der Waals surface area contributed by atoms with Gasteiger partial charge in [0.1, 0.15) is 5.82 Å². The van der Waals surface area contributed by atoms with Crippen LogP contribution in [-0.4, -0.2) is 0 Å². The zero-order valence-electron chi connectivity index (χ0n) is 12.1. The van der Waals surface area contributed by atoms with Crippen LogP contribution in [0.25, 0.3) is 0 Å². The maximum Gasteiger partial charge on any atom is 0.123 e. The second-order valence-electron chi connectivity index (χ2n) is 5.05. The van der Waals surface area contributed by atoms with Gasteiger partial charge in [-0.15, -0.1) is 0 Å². The van der Waals surface area contributed by atoms with Crippen LogP contribution in [0.2, 0.25) is 0 Å². The number of rotatable bonds is 5. The molecule has 3 heteroatoms. The lowest BCUT2D eigenvalue weighted by Gasteiger charge is -2.09. The number of halogens is 1. The molecule has 0 fully saturated rings. The van der Waals surface area contributed by atoms with E-state index in [1.165, 1.54) is 12.1 Å². The number of hydrogen-bond donors (Lipinski definition) is 2. The van der Waals surface area contributed by atoms with Gasteiger partial charge in [-0.1, -0.05) is 30.3 Å². The van der Waals surface area contributed by atoms with Crippen LogP contribution in [-0.2, 0) is 6.54 Å². The van der Waals surface area contributed by atoms with Crippen molar-refractivity contribution in [3.05, 3.63) is 90.2 Å². The fourth-order valence-electron chi connectivity index (χ4n) is 2.17. The number of benzene rings is 3. The van der Waals surface area contributed by atoms with Gasteiger partial charge in [-0.3, -0.25) is 0 Å². The van der Waals surface area contributed by atoms with Crippen LogP contribution < -0.4 is 10.6 Å². The van der Waals surface area contributed by atoms with Crippen molar-refractivity contribution >= 4 is 17.1 Å². The molecule has 0 heterocycles. The molecule has 0 amide bonds. The third-order valence-corrected chi connectivity index (χ3v) is 3.36. The lowest BCUT2D eigenvalue weighted by molar-refractivity contribution is 0.627. The molecule has 0 atom stereocenters. The van der Waals surface area contributed by atoms with E-state index in [2.05, 4.69) is 10.6 Å². The van der Waals surface area contributed by atoms with Crippen molar-refractivity contribution in [3.63, 3.8) is 0 Å². The maximum atomic E-state index is 12.8. The monoisotopic (exact) mass is 292 g/mol. The van der Waals surface area contributed by atoms with E-state index in [4.69, 9.17) is 0 Å². The van der Waals surface area contributed by atoms with Crippen LogP contribution in [0.1, 0.15) is 5.56 Å². The van der Waals surface area contributed by atoms with E-state index in [1.54, 1.807) is 12.1 Å². The molecule has 0 aromatic heterocycles. The first kappa shape index (κ1) is 14.1. The topological polar surface area (TPSA) is 24.1 Å². The average molecular weight is 292 g/mol. The first-order chi connectivity index (χ1) is 10.8. The summed E-state index contributed by atoms with van der Waals surface area (Å²) in [6.07, 6.45) is 0. The van der Waals surface area contributed by atoms with Crippen LogP contribution in [0.15, 0.2) is 78.9 Å². The molecule has 3 rings (SSSR count). The van der Waals surface area contributed by atoms with E-state index in [9.17, 15) is 4.39 Å². The first-order valence-electron chi connectivity index (χ1n) is 7.20. The summed E-state index contributed by atoms with van der Waals surface area (Å²) >= 11 is 0. The van der Waals surface area contributed by atoms with Crippen molar-refractivity contribution in [2.24, 2.45) is 0 Å². The Bertz CT molecular complexity index is 707. The first-order valence-corrected chi connectivity index (χ1v) is 7.20. The fourth-order valence-corrected chi connectivity index (χ4v) is 2.17. The van der Waals surface area contributed by atoms with Crippen molar-refractivity contribution in [2.75, 3.05) is 10.6 Å². The van der Waals surface area contributed by atoms with Gasteiger partial charge in [-0.2, -0.15) is 0 Å². The lowest BCUT2D eigenvalue weighted by atomic mass is 10.2. The largest absolute Gasteiger partial charge is 0.381 e. The fraction of sp³-hybridized carbons (Fsp3) is 0.0526. The Morgan fingerprint density at radius 3 is 1.91 bits per heavy atom. The second-order valence-corrected chi connectivity index (χ2v) is 5.05. The van der Waals surface area contributed by atoms with Gasteiger partial charge < -0.3 is 10.6 Å². The van der Waals surface area contributed by atoms with Crippen LogP contribution in [0, 0.1) is 5.82 Å². The third kappa shape index (κ3) is 3.85. The Labute approximate surface area is 129 Å². The van der Waals surface area contributed by atoms with Crippen LogP contribution in [0.5, 0.6) is 0 Å². The molecular weight excluding hydrogens is 275 g/mol. The van der Waals surface area contributed by atoms with Gasteiger partial charge in [0.25, 0.3) is 0 Å². The SMILES string of the molecule is Fc1ccc(CNc2ccc(Nc3ccccc3)cc2)cc1. The number of hydrogen-bond acceptors (Lipinski definition) is 2. The Kier molecular flexibility index (Phi) is 4.35. The van der Waals surface area contributed by atoms with E-state index in [0.717, 1.165) is 22.6 Å². The summed E-state index contributed by atoms with van der Waals surface area (Å²) in [6, 6.07) is 24.7. The zero-order valence-corrected chi connectivity index (χ0v) is 12.1. The van der Waals surface area contributed by atoms with Crippen molar-refractivity contribution in [3.8, 4) is 0 Å². The summed E-state index contributed by atoms with van der Waals surface area (Å²) in [7, 11) is 0. The van der Waals surface area contributed by atoms with Crippen LogP contribution >= 0.6 is 0 Å². The molecule has 0 unspecified atom stereocenters. The smallest absolute Gasteiger partial charge is 0.123 e. The summed E-state index contributed by atoms with van der Waals surface area (Å²) in [4.78, 5) is 0. The summed E-state index contributed by atoms with van der Waals surface area (Å²) in [5.74, 6) is -0.208. The van der Waals surface area contributed by atoms with Gasteiger partial charge in [-0.05, 0) is 54.1 Å². The molecule has 2 nitrogen and oxygen atoms in total. The van der Waals surface area contributed by atoms with Crippen molar-refractivity contribution in [1.29, 1.82) is 0 Å². The molecule has 110 valence electrons. The highest BCUT2D eigenvalue weighted by atomic mass is 19.1. The molecular formula is C19H17FN2. The molecule has 0 saturated heterocycles. The summed E-state index contributed by atoms with van der Waals surface area (Å²) in [6.45, 7) is 0.672. The van der Waals surface area contributed by atoms with Gasteiger partial charge in [0.05, 0.1) is 0 Å². The molecule has 3 aromatic rings. The van der Waals surface area contributed by atoms with Crippen molar-refractivity contribution in [2.45, 2.75) is 6.54 Å². The molecule has 0 aliphatic carbocycles. The Balaban J connectivity index is 1.58. The molecule has 0 radical (unpaired) electrons. The minimum absolute atomic E-state index is 0.208. The Hall–Kier alpha value is -2.81. The van der Waals surface area contributed by atoms with Gasteiger partial charge in [0.2, 0.25) is 0 Å². The van der Waals surface area contributed by atoms with Gasteiger partial charge in [0, 0.05) is 23.6 Å². The molecule has 0 saturated carbocycles. The molecule has 0 aliphatic rings. The molecule has 22 heavy (non-hydrogen) atoms. The number of anilines is 3. The quantitative estimate of drug-likeness (QED) is 0.677. The maximum absolute atomic E-state index is 12.8. The highest BCUT2D eigenvalue weighted by Crippen LogP contribution is 2.19. The molecule has 0 bridgehead atoms. The van der Waals surface area contributed by atoms with E-state index in [1.807, 2.05) is 54.6 Å². The van der Waals surface area contributed by atoms with Gasteiger partial charge >= 0.3 is 0 Å². The van der Waals surface area contributed by atoms with E-state index >= 15 is 0 Å². The Morgan fingerprint density at radius 2 is 1.23 bits per heavy atom. The summed E-state index contributed by atoms with van der Waals surface area (Å²) in [5, 5.41) is 6.66. The zero-order chi connectivity index (χ0) is 15.2. The normalized spacial score (nSPS) is 10.2. The minimum atomic E-state index is -0.208. The Morgan fingerprint density at radius 1 is 0.636 bits per heavy atom. The predicted octanol–water partition coefficient (Wildman–Crippen LogP) is 5.18.